The van der Waals surface area contributed by atoms with Gasteiger partial charge in [0.25, 0.3) is 0 Å². The van der Waals surface area contributed by atoms with E-state index in [2.05, 4.69) is 27.9 Å². The van der Waals surface area contributed by atoms with E-state index in [1.54, 1.807) is 18.2 Å². The summed E-state index contributed by atoms with van der Waals surface area (Å²) in [6, 6.07) is 10.7. The Kier molecular flexibility index (Phi) is 7.49. The van der Waals surface area contributed by atoms with E-state index >= 15 is 0 Å². The van der Waals surface area contributed by atoms with Crippen LogP contribution in [0.15, 0.2) is 42.1 Å². The number of benzene rings is 2. The van der Waals surface area contributed by atoms with Crippen molar-refractivity contribution in [1.29, 1.82) is 0 Å². The molecule has 0 aliphatic rings. The van der Waals surface area contributed by atoms with Gasteiger partial charge in [-0.15, -0.1) is 0 Å². The predicted octanol–water partition coefficient (Wildman–Crippen LogP) is 4.09. The molecule has 0 radical (unpaired) electrons. The van der Waals surface area contributed by atoms with Crippen LogP contribution in [0.1, 0.15) is 18.1 Å². The summed E-state index contributed by atoms with van der Waals surface area (Å²) >= 11 is 8.06. The lowest BCUT2D eigenvalue weighted by molar-refractivity contribution is -0.134. The lowest BCUT2D eigenvalue weighted by Gasteiger charge is -2.14. The highest BCUT2D eigenvalue weighted by molar-refractivity contribution is 14.1. The molecular weight excluding hydrogens is 485 g/mol. The van der Waals surface area contributed by atoms with Crippen LogP contribution in [0.25, 0.3) is 6.08 Å². The summed E-state index contributed by atoms with van der Waals surface area (Å²) in [4.78, 5) is 22.4. The molecule has 0 saturated heterocycles. The predicted molar refractivity (Wildman–Crippen MR) is 111 cm³/mol. The van der Waals surface area contributed by atoms with Crippen molar-refractivity contribution in [3.8, 4) is 11.5 Å². The van der Waals surface area contributed by atoms with Gasteiger partial charge in [0.15, 0.2) is 11.5 Å². The third-order valence-electron chi connectivity index (χ3n) is 3.38. The molecule has 142 valence electrons. The minimum Gasteiger partial charge on any atom is -0.493 e. The number of ether oxygens (including phenoxy) is 2. The summed E-state index contributed by atoms with van der Waals surface area (Å²) in [6.07, 6.45) is 1.36. The summed E-state index contributed by atoms with van der Waals surface area (Å²) in [6.45, 7) is 1.54. The number of aliphatic carboxylic acids is 1. The van der Waals surface area contributed by atoms with Gasteiger partial charge < -0.3 is 19.9 Å². The first-order chi connectivity index (χ1) is 12.8. The first-order valence-electron chi connectivity index (χ1n) is 7.77. The van der Waals surface area contributed by atoms with Crippen LogP contribution in [-0.2, 0) is 16.2 Å². The molecule has 0 atom stereocenters. The molecule has 2 rings (SSSR count). The van der Waals surface area contributed by atoms with E-state index in [-0.39, 0.29) is 5.70 Å². The first kappa shape index (κ1) is 21.0. The fourth-order valence-electron chi connectivity index (χ4n) is 2.25. The summed E-state index contributed by atoms with van der Waals surface area (Å²) in [7, 11) is 1.50. The maximum absolute atomic E-state index is 11.3. The van der Waals surface area contributed by atoms with E-state index in [1.165, 1.54) is 20.1 Å². The highest BCUT2D eigenvalue weighted by Crippen LogP contribution is 2.35. The molecule has 0 unspecified atom stereocenters. The quantitative estimate of drug-likeness (QED) is 0.441. The normalized spacial score (nSPS) is 11.0. The zero-order chi connectivity index (χ0) is 20.0. The Balaban J connectivity index is 2.30. The second kappa shape index (κ2) is 9.61. The number of rotatable bonds is 7. The van der Waals surface area contributed by atoms with Gasteiger partial charge >= 0.3 is 5.97 Å². The minimum atomic E-state index is -1.24. The molecule has 0 aliphatic carbocycles. The zero-order valence-corrected chi connectivity index (χ0v) is 17.5. The molecule has 8 heteroatoms. The molecule has 27 heavy (non-hydrogen) atoms. The van der Waals surface area contributed by atoms with Crippen molar-refractivity contribution in [2.75, 3.05) is 7.11 Å². The van der Waals surface area contributed by atoms with Gasteiger partial charge in [0.05, 0.1) is 10.7 Å². The summed E-state index contributed by atoms with van der Waals surface area (Å²) in [5, 5.41) is 12.1. The number of amides is 1. The van der Waals surface area contributed by atoms with Crippen molar-refractivity contribution < 1.29 is 24.2 Å². The maximum atomic E-state index is 11.3. The molecule has 2 aromatic carbocycles. The lowest BCUT2D eigenvalue weighted by Crippen LogP contribution is -2.24. The standard InChI is InChI=1S/C19H17ClINO5/c1-11(23)22-16(19(24)25)8-13-7-15(21)18(17(9-13)26-2)27-10-12-4-3-5-14(20)6-12/h3-9H,10H2,1-2H3,(H,22,23)(H,24,25). The van der Waals surface area contributed by atoms with Gasteiger partial charge in [-0.1, -0.05) is 23.7 Å². The van der Waals surface area contributed by atoms with Crippen LogP contribution in [-0.4, -0.2) is 24.1 Å². The Morgan fingerprint density at radius 2 is 2.04 bits per heavy atom. The third-order valence-corrected chi connectivity index (χ3v) is 4.41. The minimum absolute atomic E-state index is 0.229. The van der Waals surface area contributed by atoms with Crippen molar-refractivity contribution in [3.05, 3.63) is 61.8 Å². The summed E-state index contributed by atoms with van der Waals surface area (Å²) < 4.78 is 12.0. The highest BCUT2D eigenvalue weighted by Gasteiger charge is 2.14. The molecule has 0 bridgehead atoms. The Morgan fingerprint density at radius 3 is 2.63 bits per heavy atom. The lowest BCUT2D eigenvalue weighted by atomic mass is 10.1. The van der Waals surface area contributed by atoms with E-state index < -0.39 is 11.9 Å². The van der Waals surface area contributed by atoms with Crippen molar-refractivity contribution in [1.82, 2.24) is 5.32 Å². The Labute approximate surface area is 175 Å². The number of carbonyl (C=O) groups is 2. The molecule has 0 fully saturated rings. The Hall–Kier alpha value is -2.26. The molecule has 0 saturated carbocycles. The topological polar surface area (TPSA) is 84.9 Å². The van der Waals surface area contributed by atoms with Crippen LogP contribution in [0.4, 0.5) is 0 Å². The monoisotopic (exact) mass is 501 g/mol. The van der Waals surface area contributed by atoms with Crippen LogP contribution in [0.2, 0.25) is 5.02 Å². The summed E-state index contributed by atoms with van der Waals surface area (Å²) in [5.41, 5.74) is 1.23. The van der Waals surface area contributed by atoms with Gasteiger partial charge in [0.1, 0.15) is 12.3 Å². The van der Waals surface area contributed by atoms with Crippen LogP contribution in [0.5, 0.6) is 11.5 Å². The number of carbonyl (C=O) groups excluding carboxylic acids is 1. The average molecular weight is 502 g/mol. The smallest absolute Gasteiger partial charge is 0.352 e. The average Bonchev–Trinajstić information content (AvgIpc) is 2.59. The number of carboxylic acids is 1. The van der Waals surface area contributed by atoms with Crippen LogP contribution in [0, 0.1) is 3.57 Å². The Bertz CT molecular complexity index is 898. The second-order valence-electron chi connectivity index (χ2n) is 5.50. The number of carboxylic acid groups (broad SMARTS) is 1. The molecule has 1 amide bonds. The van der Waals surface area contributed by atoms with Gasteiger partial charge in [-0.2, -0.15) is 0 Å². The van der Waals surface area contributed by atoms with Crippen LogP contribution >= 0.6 is 34.2 Å². The molecule has 0 aromatic heterocycles. The van der Waals surface area contributed by atoms with Crippen LogP contribution in [0.3, 0.4) is 0 Å². The Morgan fingerprint density at radius 1 is 1.30 bits per heavy atom. The van der Waals surface area contributed by atoms with Gasteiger partial charge in [-0.3, -0.25) is 4.79 Å². The fourth-order valence-corrected chi connectivity index (χ4v) is 3.25. The number of halogens is 2. The second-order valence-corrected chi connectivity index (χ2v) is 7.10. The molecular formula is C19H17ClINO5. The number of hydrogen-bond acceptors (Lipinski definition) is 4. The van der Waals surface area contributed by atoms with Crippen molar-refractivity contribution >= 4 is 52.1 Å². The molecule has 2 N–H and O–H groups in total. The van der Waals surface area contributed by atoms with E-state index in [0.717, 1.165) is 9.13 Å². The van der Waals surface area contributed by atoms with Gasteiger partial charge in [-0.25, -0.2) is 4.79 Å². The molecule has 6 nitrogen and oxygen atoms in total. The van der Waals surface area contributed by atoms with Gasteiger partial charge in [-0.05, 0) is 64.1 Å². The van der Waals surface area contributed by atoms with Crippen molar-refractivity contribution in [3.63, 3.8) is 0 Å². The van der Waals surface area contributed by atoms with E-state index in [0.29, 0.717) is 28.7 Å². The van der Waals surface area contributed by atoms with E-state index in [4.69, 9.17) is 21.1 Å². The van der Waals surface area contributed by atoms with Gasteiger partial charge in [0, 0.05) is 11.9 Å². The van der Waals surface area contributed by atoms with Crippen LogP contribution < -0.4 is 14.8 Å². The third kappa shape index (κ3) is 6.14. The number of hydrogen-bond donors (Lipinski definition) is 2. The highest BCUT2D eigenvalue weighted by atomic mass is 127. The SMILES string of the molecule is COc1cc(C=C(NC(C)=O)C(=O)O)cc(I)c1OCc1cccc(Cl)c1. The van der Waals surface area contributed by atoms with Crippen molar-refractivity contribution in [2.24, 2.45) is 0 Å². The molecule has 0 aliphatic heterocycles. The number of methoxy groups -OCH3 is 1. The summed E-state index contributed by atoms with van der Waals surface area (Å²) in [5.74, 6) is -0.721. The number of nitrogens with one attached hydrogen (secondary N) is 1. The van der Waals surface area contributed by atoms with E-state index in [1.807, 2.05) is 18.2 Å². The largest absolute Gasteiger partial charge is 0.493 e. The molecule has 0 spiro atoms. The maximum Gasteiger partial charge on any atom is 0.352 e. The first-order valence-corrected chi connectivity index (χ1v) is 9.23. The van der Waals surface area contributed by atoms with Gasteiger partial charge in [0.2, 0.25) is 5.91 Å². The molecule has 0 heterocycles. The van der Waals surface area contributed by atoms with E-state index in [9.17, 15) is 14.7 Å². The zero-order valence-electron chi connectivity index (χ0n) is 14.6. The fraction of sp³-hybridized carbons (Fsp3) is 0.158. The van der Waals surface area contributed by atoms with Crippen molar-refractivity contribution in [2.45, 2.75) is 13.5 Å². The molecule has 2 aromatic rings.